The van der Waals surface area contributed by atoms with Gasteiger partial charge in [0, 0.05) is 19.2 Å². The molecule has 0 radical (unpaired) electrons. The van der Waals surface area contributed by atoms with Crippen LogP contribution in [0.5, 0.6) is 5.75 Å². The Bertz CT molecular complexity index is 470. The molecule has 0 aliphatic rings. The molecule has 2 N–H and O–H groups in total. The molecule has 0 aliphatic carbocycles. The second-order valence-corrected chi connectivity index (χ2v) is 4.43. The molecular weight excluding hydrogens is 234 g/mol. The zero-order valence-electron chi connectivity index (χ0n) is 10.7. The van der Waals surface area contributed by atoms with Crippen LogP contribution >= 0.6 is 0 Å². The van der Waals surface area contributed by atoms with E-state index < -0.39 is 11.9 Å². The van der Waals surface area contributed by atoms with Gasteiger partial charge in [0.2, 0.25) is 0 Å². The van der Waals surface area contributed by atoms with E-state index in [0.29, 0.717) is 11.1 Å². The molecule has 0 spiro atoms. The minimum Gasteiger partial charge on any atom is -0.508 e. The second kappa shape index (κ2) is 5.53. The van der Waals surface area contributed by atoms with Gasteiger partial charge in [0.1, 0.15) is 5.75 Å². The first-order valence-electron chi connectivity index (χ1n) is 5.60. The molecule has 0 bridgehead atoms. The summed E-state index contributed by atoms with van der Waals surface area (Å²) in [5.41, 5.74) is 1.05. The quantitative estimate of drug-likeness (QED) is 0.850. The predicted molar refractivity (Wildman–Crippen MR) is 66.6 cm³/mol. The summed E-state index contributed by atoms with van der Waals surface area (Å²) >= 11 is 0. The van der Waals surface area contributed by atoms with Gasteiger partial charge in [0.15, 0.2) is 0 Å². The number of hydrogen-bond acceptors (Lipinski definition) is 3. The molecule has 1 atom stereocenters. The van der Waals surface area contributed by atoms with Gasteiger partial charge in [-0.15, -0.1) is 0 Å². The Labute approximate surface area is 106 Å². The molecule has 5 nitrogen and oxygen atoms in total. The second-order valence-electron chi connectivity index (χ2n) is 4.43. The minimum absolute atomic E-state index is 0.133. The van der Waals surface area contributed by atoms with Gasteiger partial charge in [-0.25, -0.2) is 0 Å². The standard InChI is InChI=1S/C13H17NO4/c1-8-6-10(4-5-11(8)15)12(16)14(3)7-9(2)13(17)18/h4-6,9,15H,7H2,1-3H3,(H,17,18). The summed E-state index contributed by atoms with van der Waals surface area (Å²) in [5.74, 6) is -1.67. The van der Waals surface area contributed by atoms with Gasteiger partial charge in [0.25, 0.3) is 5.91 Å². The maximum Gasteiger partial charge on any atom is 0.308 e. The Balaban J connectivity index is 2.80. The fraction of sp³-hybridized carbons (Fsp3) is 0.385. The highest BCUT2D eigenvalue weighted by molar-refractivity contribution is 5.94. The Morgan fingerprint density at radius 2 is 2.00 bits per heavy atom. The van der Waals surface area contributed by atoms with Crippen molar-refractivity contribution in [2.75, 3.05) is 13.6 Å². The lowest BCUT2D eigenvalue weighted by molar-refractivity contribution is -0.141. The number of aromatic hydroxyl groups is 1. The van der Waals surface area contributed by atoms with Gasteiger partial charge in [0.05, 0.1) is 5.92 Å². The number of carboxylic acid groups (broad SMARTS) is 1. The van der Waals surface area contributed by atoms with Crippen LogP contribution in [-0.2, 0) is 4.79 Å². The first kappa shape index (κ1) is 14.0. The van der Waals surface area contributed by atoms with Crippen LogP contribution < -0.4 is 0 Å². The van der Waals surface area contributed by atoms with Crippen molar-refractivity contribution in [2.24, 2.45) is 5.92 Å². The van der Waals surface area contributed by atoms with Crippen LogP contribution in [-0.4, -0.2) is 40.6 Å². The number of carbonyl (C=O) groups excluding carboxylic acids is 1. The number of nitrogens with zero attached hydrogens (tertiary/aromatic N) is 1. The molecule has 1 aromatic carbocycles. The van der Waals surface area contributed by atoms with Crippen molar-refractivity contribution < 1.29 is 19.8 Å². The lowest BCUT2D eigenvalue weighted by atomic mass is 10.1. The highest BCUT2D eigenvalue weighted by Gasteiger charge is 2.18. The Kier molecular flexibility index (Phi) is 4.31. The first-order chi connectivity index (χ1) is 8.32. The molecule has 1 amide bonds. The van der Waals surface area contributed by atoms with Crippen LogP contribution in [0, 0.1) is 12.8 Å². The summed E-state index contributed by atoms with van der Waals surface area (Å²) in [7, 11) is 1.56. The molecule has 1 rings (SSSR count). The number of aliphatic carboxylic acids is 1. The van der Waals surface area contributed by atoms with E-state index in [4.69, 9.17) is 5.11 Å². The van der Waals surface area contributed by atoms with Crippen LogP contribution in [0.25, 0.3) is 0 Å². The SMILES string of the molecule is Cc1cc(C(=O)N(C)CC(C)C(=O)O)ccc1O. The fourth-order valence-electron chi connectivity index (χ4n) is 1.58. The van der Waals surface area contributed by atoms with Crippen molar-refractivity contribution in [1.29, 1.82) is 0 Å². The van der Waals surface area contributed by atoms with Gasteiger partial charge in [-0.05, 0) is 30.7 Å². The van der Waals surface area contributed by atoms with Crippen LogP contribution in [0.4, 0.5) is 0 Å². The molecule has 5 heteroatoms. The van der Waals surface area contributed by atoms with E-state index in [-0.39, 0.29) is 18.2 Å². The highest BCUT2D eigenvalue weighted by Crippen LogP contribution is 2.18. The lowest BCUT2D eigenvalue weighted by Gasteiger charge is -2.19. The van der Waals surface area contributed by atoms with Gasteiger partial charge in [-0.1, -0.05) is 6.92 Å². The fourth-order valence-corrected chi connectivity index (χ4v) is 1.58. The Morgan fingerprint density at radius 3 is 2.50 bits per heavy atom. The van der Waals surface area contributed by atoms with E-state index in [9.17, 15) is 14.7 Å². The third-order valence-electron chi connectivity index (χ3n) is 2.76. The van der Waals surface area contributed by atoms with Crippen LogP contribution in [0.3, 0.4) is 0 Å². The van der Waals surface area contributed by atoms with E-state index in [2.05, 4.69) is 0 Å². The molecule has 98 valence electrons. The molecular formula is C13H17NO4. The number of aryl methyl sites for hydroxylation is 1. The molecule has 0 aliphatic heterocycles. The Morgan fingerprint density at radius 1 is 1.39 bits per heavy atom. The van der Waals surface area contributed by atoms with Gasteiger partial charge in [-0.2, -0.15) is 0 Å². The number of carboxylic acids is 1. The molecule has 0 fully saturated rings. The van der Waals surface area contributed by atoms with Crippen molar-refractivity contribution in [3.8, 4) is 5.75 Å². The minimum atomic E-state index is -0.934. The number of phenols is 1. The van der Waals surface area contributed by atoms with E-state index in [0.717, 1.165) is 0 Å². The molecule has 0 saturated heterocycles. The van der Waals surface area contributed by atoms with E-state index in [1.54, 1.807) is 27.0 Å². The molecule has 18 heavy (non-hydrogen) atoms. The maximum absolute atomic E-state index is 12.0. The van der Waals surface area contributed by atoms with E-state index in [1.807, 2.05) is 0 Å². The first-order valence-corrected chi connectivity index (χ1v) is 5.60. The number of rotatable bonds is 4. The van der Waals surface area contributed by atoms with Crippen molar-refractivity contribution >= 4 is 11.9 Å². The molecule has 0 aromatic heterocycles. The monoisotopic (exact) mass is 251 g/mol. The van der Waals surface area contributed by atoms with Crippen LogP contribution in [0.1, 0.15) is 22.8 Å². The van der Waals surface area contributed by atoms with Crippen LogP contribution in [0.2, 0.25) is 0 Å². The number of amides is 1. The van der Waals surface area contributed by atoms with Gasteiger partial charge < -0.3 is 15.1 Å². The number of phenolic OH excluding ortho intramolecular Hbond substituents is 1. The highest BCUT2D eigenvalue weighted by atomic mass is 16.4. The average molecular weight is 251 g/mol. The molecule has 0 saturated carbocycles. The van der Waals surface area contributed by atoms with Crippen molar-refractivity contribution in [2.45, 2.75) is 13.8 Å². The van der Waals surface area contributed by atoms with Gasteiger partial charge in [-0.3, -0.25) is 9.59 Å². The zero-order valence-corrected chi connectivity index (χ0v) is 10.7. The number of hydrogen-bond donors (Lipinski definition) is 2. The predicted octanol–water partition coefficient (Wildman–Crippen LogP) is 1.49. The molecule has 1 unspecified atom stereocenters. The third kappa shape index (κ3) is 3.23. The summed E-state index contributed by atoms with van der Waals surface area (Å²) in [6.45, 7) is 3.40. The molecule has 1 aromatic rings. The van der Waals surface area contributed by atoms with Crippen molar-refractivity contribution in [1.82, 2.24) is 4.90 Å². The largest absolute Gasteiger partial charge is 0.508 e. The summed E-state index contributed by atoms with van der Waals surface area (Å²) in [4.78, 5) is 24.1. The summed E-state index contributed by atoms with van der Waals surface area (Å²) in [6.07, 6.45) is 0. The number of benzene rings is 1. The summed E-state index contributed by atoms with van der Waals surface area (Å²) < 4.78 is 0. The van der Waals surface area contributed by atoms with Crippen LogP contribution in [0.15, 0.2) is 18.2 Å². The topological polar surface area (TPSA) is 77.8 Å². The number of carbonyl (C=O) groups is 2. The van der Waals surface area contributed by atoms with Crippen molar-refractivity contribution in [3.63, 3.8) is 0 Å². The average Bonchev–Trinajstić information content (AvgIpc) is 2.31. The normalized spacial score (nSPS) is 11.9. The van der Waals surface area contributed by atoms with Crippen molar-refractivity contribution in [3.05, 3.63) is 29.3 Å². The smallest absolute Gasteiger partial charge is 0.308 e. The zero-order chi connectivity index (χ0) is 13.9. The summed E-state index contributed by atoms with van der Waals surface area (Å²) in [6, 6.07) is 4.56. The van der Waals surface area contributed by atoms with E-state index >= 15 is 0 Å². The summed E-state index contributed by atoms with van der Waals surface area (Å²) in [5, 5.41) is 18.2. The Hall–Kier alpha value is -2.04. The third-order valence-corrected chi connectivity index (χ3v) is 2.76. The van der Waals surface area contributed by atoms with E-state index in [1.165, 1.54) is 17.0 Å². The maximum atomic E-state index is 12.0. The lowest BCUT2D eigenvalue weighted by Crippen LogP contribution is -2.33. The van der Waals surface area contributed by atoms with Gasteiger partial charge >= 0.3 is 5.97 Å². The molecule has 0 heterocycles.